The van der Waals surface area contributed by atoms with Gasteiger partial charge in [-0.2, -0.15) is 0 Å². The molecule has 0 amide bonds. The van der Waals surface area contributed by atoms with Gasteiger partial charge < -0.3 is 9.64 Å². The Morgan fingerprint density at radius 1 is 1.21 bits per heavy atom. The van der Waals surface area contributed by atoms with Crippen molar-refractivity contribution in [3.8, 4) is 5.75 Å². The molecule has 152 valence electrons. The van der Waals surface area contributed by atoms with Crippen molar-refractivity contribution in [2.45, 2.75) is 44.6 Å². The lowest BCUT2D eigenvalue weighted by atomic mass is 9.46. The maximum absolute atomic E-state index is 5.56. The van der Waals surface area contributed by atoms with Crippen LogP contribution in [0.25, 0.3) is 0 Å². The third-order valence-electron chi connectivity index (χ3n) is 8.13. The van der Waals surface area contributed by atoms with Crippen molar-refractivity contribution < 1.29 is 4.74 Å². The van der Waals surface area contributed by atoms with Crippen molar-refractivity contribution >= 4 is 21.6 Å². The van der Waals surface area contributed by atoms with E-state index >= 15 is 0 Å². The molecule has 3 heteroatoms. The Morgan fingerprint density at radius 3 is 2.72 bits per heavy atom. The summed E-state index contributed by atoms with van der Waals surface area (Å²) in [6, 6.07) is 15.8. The molecule has 3 fully saturated rings. The number of anilines is 1. The first-order valence-corrected chi connectivity index (χ1v) is 11.6. The fourth-order valence-corrected chi connectivity index (χ4v) is 7.09. The molecule has 1 spiro atoms. The number of hydrogen-bond donors (Lipinski definition) is 0. The molecule has 2 aromatic rings. The first-order valence-electron chi connectivity index (χ1n) is 10.8. The standard InChI is InChI=1S/C26H30BrNO/c1-4-5-23-24-12-6-18-16-21(29-3)11-13-22(18)26(24)15-14-25(23,2)17-28(26)20-9-7-19(27)8-10-20/h4,7-11,13,16,23-24H,1,5-6,12,14-15,17H2,2-3H3/t23-,24-,25+,26-/m0/s1. The zero-order chi connectivity index (χ0) is 20.2. The van der Waals surface area contributed by atoms with Gasteiger partial charge in [0.15, 0.2) is 0 Å². The number of fused-ring (bicyclic) bond motifs is 3. The van der Waals surface area contributed by atoms with Crippen LogP contribution in [0.2, 0.25) is 0 Å². The van der Waals surface area contributed by atoms with E-state index in [1.807, 2.05) is 0 Å². The summed E-state index contributed by atoms with van der Waals surface area (Å²) in [5, 5.41) is 0. The van der Waals surface area contributed by atoms with Gasteiger partial charge in [-0.1, -0.05) is 35.0 Å². The minimum Gasteiger partial charge on any atom is -0.497 e. The molecular formula is C26H30BrNO. The fourth-order valence-electron chi connectivity index (χ4n) is 6.83. The van der Waals surface area contributed by atoms with Gasteiger partial charge in [-0.25, -0.2) is 0 Å². The lowest BCUT2D eigenvalue weighted by Gasteiger charge is -2.69. The molecule has 2 heterocycles. The molecule has 2 nitrogen and oxygen atoms in total. The van der Waals surface area contributed by atoms with Crippen molar-refractivity contribution in [3.05, 3.63) is 70.7 Å². The maximum Gasteiger partial charge on any atom is 0.119 e. The normalized spacial score (nSPS) is 32.4. The first-order chi connectivity index (χ1) is 14.0. The van der Waals surface area contributed by atoms with E-state index < -0.39 is 0 Å². The van der Waals surface area contributed by atoms with Gasteiger partial charge in [0.2, 0.25) is 0 Å². The van der Waals surface area contributed by atoms with Crippen LogP contribution in [0.15, 0.2) is 59.6 Å². The molecule has 1 saturated carbocycles. The van der Waals surface area contributed by atoms with E-state index in [1.165, 1.54) is 36.1 Å². The van der Waals surface area contributed by atoms with Crippen LogP contribution < -0.4 is 9.64 Å². The lowest BCUT2D eigenvalue weighted by Crippen LogP contribution is -2.69. The number of allylic oxidation sites excluding steroid dienone is 1. The highest BCUT2D eigenvalue weighted by Gasteiger charge is 2.63. The van der Waals surface area contributed by atoms with Crippen LogP contribution in [0, 0.1) is 17.3 Å². The van der Waals surface area contributed by atoms with E-state index in [2.05, 4.69) is 82.9 Å². The number of hydrogen-bond acceptors (Lipinski definition) is 2. The monoisotopic (exact) mass is 451 g/mol. The SMILES string of the molecule is C=CC[C@H]1[C@@H]2CCc3cc(OC)ccc3[C@@]23CC[C@]1(C)CN3c1ccc(Br)cc1. The number of methoxy groups -OCH3 is 1. The summed E-state index contributed by atoms with van der Waals surface area (Å²) < 4.78 is 6.70. The predicted octanol–water partition coefficient (Wildman–Crippen LogP) is 6.73. The van der Waals surface area contributed by atoms with E-state index in [4.69, 9.17) is 4.74 Å². The van der Waals surface area contributed by atoms with Gasteiger partial charge in [-0.3, -0.25) is 0 Å². The van der Waals surface area contributed by atoms with Crippen molar-refractivity contribution in [2.75, 3.05) is 18.6 Å². The fraction of sp³-hybridized carbons (Fsp3) is 0.462. The van der Waals surface area contributed by atoms with Crippen molar-refractivity contribution in [1.82, 2.24) is 0 Å². The zero-order valence-electron chi connectivity index (χ0n) is 17.5. The molecule has 6 rings (SSSR count). The average Bonchev–Trinajstić information content (AvgIpc) is 2.74. The maximum atomic E-state index is 5.56. The van der Waals surface area contributed by atoms with Gasteiger partial charge in [-0.05, 0) is 96.9 Å². The number of aryl methyl sites for hydroxylation is 1. The number of rotatable bonds is 4. The van der Waals surface area contributed by atoms with E-state index in [9.17, 15) is 0 Å². The van der Waals surface area contributed by atoms with Crippen molar-refractivity contribution in [1.29, 1.82) is 0 Å². The van der Waals surface area contributed by atoms with E-state index in [1.54, 1.807) is 7.11 Å². The molecule has 0 radical (unpaired) electrons. The van der Waals surface area contributed by atoms with E-state index in [-0.39, 0.29) is 5.54 Å². The summed E-state index contributed by atoms with van der Waals surface area (Å²) in [6.07, 6.45) is 8.22. The molecule has 2 aromatic carbocycles. The molecular weight excluding hydrogens is 422 g/mol. The van der Waals surface area contributed by atoms with E-state index in [0.29, 0.717) is 17.3 Å². The molecule has 2 bridgehead atoms. The minimum atomic E-state index is 0.0825. The summed E-state index contributed by atoms with van der Waals surface area (Å²) >= 11 is 3.62. The molecule has 0 aromatic heterocycles. The van der Waals surface area contributed by atoms with Gasteiger partial charge in [0.25, 0.3) is 0 Å². The lowest BCUT2D eigenvalue weighted by molar-refractivity contribution is -0.0586. The summed E-state index contributed by atoms with van der Waals surface area (Å²) in [4.78, 5) is 2.76. The molecule has 29 heavy (non-hydrogen) atoms. The summed E-state index contributed by atoms with van der Waals surface area (Å²) in [5.74, 6) is 2.35. The second-order valence-electron chi connectivity index (χ2n) is 9.44. The number of benzene rings is 2. The number of halogens is 1. The Labute approximate surface area is 183 Å². The van der Waals surface area contributed by atoms with Crippen molar-refractivity contribution in [2.24, 2.45) is 17.3 Å². The van der Waals surface area contributed by atoms with Crippen molar-refractivity contribution in [3.63, 3.8) is 0 Å². The third-order valence-corrected chi connectivity index (χ3v) is 8.66. The van der Waals surface area contributed by atoms with Gasteiger partial charge >= 0.3 is 0 Å². The van der Waals surface area contributed by atoms with Gasteiger partial charge in [0, 0.05) is 16.7 Å². The minimum absolute atomic E-state index is 0.0825. The Hall–Kier alpha value is -1.74. The molecule has 2 saturated heterocycles. The van der Waals surface area contributed by atoms with Gasteiger partial charge in [0.1, 0.15) is 5.75 Å². The van der Waals surface area contributed by atoms with Crippen LogP contribution in [-0.2, 0) is 12.0 Å². The number of ether oxygens (including phenoxy) is 1. The molecule has 4 aliphatic rings. The molecule has 2 aliphatic carbocycles. The number of nitrogens with zero attached hydrogens (tertiary/aromatic N) is 1. The smallest absolute Gasteiger partial charge is 0.119 e. The largest absolute Gasteiger partial charge is 0.497 e. The average molecular weight is 452 g/mol. The van der Waals surface area contributed by atoms with Gasteiger partial charge in [-0.15, -0.1) is 6.58 Å². The highest BCUT2D eigenvalue weighted by Crippen LogP contribution is 2.65. The Balaban J connectivity index is 1.71. The Morgan fingerprint density at radius 2 is 2.00 bits per heavy atom. The van der Waals surface area contributed by atoms with Crippen LogP contribution in [0.4, 0.5) is 5.69 Å². The second kappa shape index (κ2) is 6.91. The van der Waals surface area contributed by atoms with Crippen LogP contribution >= 0.6 is 15.9 Å². The first kappa shape index (κ1) is 19.2. The highest BCUT2D eigenvalue weighted by molar-refractivity contribution is 9.10. The third kappa shape index (κ3) is 2.73. The number of piperidine rings is 2. The second-order valence-corrected chi connectivity index (χ2v) is 10.4. The molecule has 2 aliphatic heterocycles. The quantitative estimate of drug-likeness (QED) is 0.477. The zero-order valence-corrected chi connectivity index (χ0v) is 19.0. The van der Waals surface area contributed by atoms with Crippen LogP contribution in [0.3, 0.4) is 0 Å². The van der Waals surface area contributed by atoms with Crippen LogP contribution in [0.5, 0.6) is 5.75 Å². The van der Waals surface area contributed by atoms with Gasteiger partial charge in [0.05, 0.1) is 12.6 Å². The Bertz CT molecular complexity index is 938. The highest BCUT2D eigenvalue weighted by atomic mass is 79.9. The molecule has 0 N–H and O–H groups in total. The Kier molecular flexibility index (Phi) is 4.58. The predicted molar refractivity (Wildman–Crippen MR) is 124 cm³/mol. The van der Waals surface area contributed by atoms with E-state index in [0.717, 1.165) is 29.6 Å². The van der Waals surface area contributed by atoms with Crippen LogP contribution in [-0.4, -0.2) is 13.7 Å². The van der Waals surface area contributed by atoms with Crippen LogP contribution in [0.1, 0.15) is 43.7 Å². The topological polar surface area (TPSA) is 12.5 Å². The summed E-state index contributed by atoms with van der Waals surface area (Å²) in [5.41, 5.74) is 4.79. The summed E-state index contributed by atoms with van der Waals surface area (Å²) in [7, 11) is 1.77. The summed E-state index contributed by atoms with van der Waals surface area (Å²) in [6.45, 7) is 7.77. The molecule has 4 atom stereocenters. The molecule has 0 unspecified atom stereocenters.